The Labute approximate surface area is 108 Å². The number of para-hydroxylation sites is 1. The smallest absolute Gasteiger partial charge is 0.242 e. The van der Waals surface area contributed by atoms with Gasteiger partial charge in [-0.25, -0.2) is 13.1 Å². The molecule has 1 aromatic rings. The van der Waals surface area contributed by atoms with Gasteiger partial charge in [0.05, 0.1) is 5.69 Å². The molecule has 0 bridgehead atoms. The highest BCUT2D eigenvalue weighted by Gasteiger charge is 2.23. The molecule has 1 rings (SSSR count). The second-order valence-corrected chi connectivity index (χ2v) is 6.20. The summed E-state index contributed by atoms with van der Waals surface area (Å²) in [4.78, 5) is 0.0774. The van der Waals surface area contributed by atoms with E-state index >= 15 is 0 Å². The lowest BCUT2D eigenvalue weighted by atomic mass is 10.0. The molecular formula is C12H20N2O3S. The Bertz CT molecular complexity index is 486. The Balaban J connectivity index is 2.97. The average Bonchev–Trinajstić information content (AvgIpc) is 2.28. The average molecular weight is 272 g/mol. The van der Waals surface area contributed by atoms with Crippen LogP contribution in [0.15, 0.2) is 29.2 Å². The molecule has 0 saturated carbocycles. The van der Waals surface area contributed by atoms with Crippen LogP contribution in [-0.4, -0.2) is 26.2 Å². The van der Waals surface area contributed by atoms with Gasteiger partial charge >= 0.3 is 0 Å². The summed E-state index contributed by atoms with van der Waals surface area (Å²) in [6.07, 6.45) is 0.379. The molecule has 0 aliphatic heterocycles. The summed E-state index contributed by atoms with van der Waals surface area (Å²) in [7, 11) is -3.64. The zero-order valence-electron chi connectivity index (χ0n) is 10.6. The van der Waals surface area contributed by atoms with E-state index in [2.05, 4.69) is 4.72 Å². The van der Waals surface area contributed by atoms with Crippen LogP contribution in [0.25, 0.3) is 0 Å². The SMILES string of the molecule is CC(C)C(CCO)NS(=O)(=O)c1ccccc1N. The van der Waals surface area contributed by atoms with E-state index in [-0.39, 0.29) is 29.1 Å². The first-order valence-electron chi connectivity index (χ1n) is 5.86. The fourth-order valence-electron chi connectivity index (χ4n) is 1.66. The minimum Gasteiger partial charge on any atom is -0.398 e. The molecule has 18 heavy (non-hydrogen) atoms. The maximum absolute atomic E-state index is 12.2. The number of hydrogen-bond acceptors (Lipinski definition) is 4. The molecule has 0 amide bonds. The number of anilines is 1. The zero-order valence-corrected chi connectivity index (χ0v) is 11.4. The van der Waals surface area contributed by atoms with Crippen molar-refractivity contribution in [1.29, 1.82) is 0 Å². The number of nitrogens with two attached hydrogens (primary N) is 1. The summed E-state index contributed by atoms with van der Waals surface area (Å²) >= 11 is 0. The fourth-order valence-corrected chi connectivity index (χ4v) is 3.21. The zero-order chi connectivity index (χ0) is 13.8. The van der Waals surface area contributed by atoms with Crippen molar-refractivity contribution in [2.45, 2.75) is 31.2 Å². The van der Waals surface area contributed by atoms with Crippen LogP contribution in [0.3, 0.4) is 0 Å². The molecule has 0 aliphatic rings. The lowest BCUT2D eigenvalue weighted by Crippen LogP contribution is -2.39. The van der Waals surface area contributed by atoms with Crippen LogP contribution < -0.4 is 10.5 Å². The summed E-state index contributed by atoms with van der Waals surface area (Å²) in [5, 5.41) is 8.95. The van der Waals surface area contributed by atoms with Gasteiger partial charge in [-0.1, -0.05) is 26.0 Å². The van der Waals surface area contributed by atoms with Crippen LogP contribution >= 0.6 is 0 Å². The molecule has 102 valence electrons. The van der Waals surface area contributed by atoms with Gasteiger partial charge in [-0.15, -0.1) is 0 Å². The first kappa shape index (κ1) is 14.9. The van der Waals surface area contributed by atoms with E-state index in [4.69, 9.17) is 10.8 Å². The summed E-state index contributed by atoms with van der Waals surface area (Å²) in [6.45, 7) is 3.74. The largest absolute Gasteiger partial charge is 0.398 e. The van der Waals surface area contributed by atoms with Crippen LogP contribution in [0.5, 0.6) is 0 Å². The van der Waals surface area contributed by atoms with E-state index < -0.39 is 10.0 Å². The Morgan fingerprint density at radius 2 is 1.94 bits per heavy atom. The number of hydrogen-bond donors (Lipinski definition) is 3. The van der Waals surface area contributed by atoms with Crippen molar-refractivity contribution in [2.24, 2.45) is 5.92 Å². The first-order valence-corrected chi connectivity index (χ1v) is 7.34. The van der Waals surface area contributed by atoms with Gasteiger partial charge in [0.1, 0.15) is 4.90 Å². The van der Waals surface area contributed by atoms with Gasteiger partial charge in [-0.2, -0.15) is 0 Å². The molecule has 4 N–H and O–H groups in total. The molecule has 0 aromatic heterocycles. The third-order valence-corrected chi connectivity index (χ3v) is 4.32. The minimum absolute atomic E-state index is 0.0599. The topological polar surface area (TPSA) is 92.4 Å². The van der Waals surface area contributed by atoms with Gasteiger partial charge < -0.3 is 10.8 Å². The molecule has 0 saturated heterocycles. The van der Waals surface area contributed by atoms with E-state index in [1.807, 2.05) is 13.8 Å². The second-order valence-electron chi connectivity index (χ2n) is 4.52. The highest BCUT2D eigenvalue weighted by atomic mass is 32.2. The second kappa shape index (κ2) is 6.17. The number of nitrogens with one attached hydrogen (secondary N) is 1. The Morgan fingerprint density at radius 1 is 1.33 bits per heavy atom. The van der Waals surface area contributed by atoms with E-state index in [0.29, 0.717) is 6.42 Å². The number of rotatable bonds is 6. The standard InChI is InChI=1S/C12H20N2O3S/c1-9(2)11(7-8-15)14-18(16,17)12-6-4-3-5-10(12)13/h3-6,9,11,14-15H,7-8,13H2,1-2H3. The van der Waals surface area contributed by atoms with Crippen molar-refractivity contribution in [3.8, 4) is 0 Å². The Kier molecular flexibility index (Phi) is 5.13. The quantitative estimate of drug-likeness (QED) is 0.672. The lowest BCUT2D eigenvalue weighted by molar-refractivity contribution is 0.256. The van der Waals surface area contributed by atoms with E-state index in [9.17, 15) is 8.42 Å². The van der Waals surface area contributed by atoms with Crippen molar-refractivity contribution in [2.75, 3.05) is 12.3 Å². The molecule has 6 heteroatoms. The monoisotopic (exact) mass is 272 g/mol. The molecule has 5 nitrogen and oxygen atoms in total. The summed E-state index contributed by atoms with van der Waals surface area (Å²) in [5.41, 5.74) is 5.88. The van der Waals surface area contributed by atoms with Crippen molar-refractivity contribution in [3.05, 3.63) is 24.3 Å². The number of sulfonamides is 1. The maximum Gasteiger partial charge on any atom is 0.242 e. The van der Waals surface area contributed by atoms with Crippen LogP contribution in [0.2, 0.25) is 0 Å². The van der Waals surface area contributed by atoms with Crippen LogP contribution in [0.4, 0.5) is 5.69 Å². The molecule has 1 unspecified atom stereocenters. The number of nitrogen functional groups attached to an aromatic ring is 1. The lowest BCUT2D eigenvalue weighted by Gasteiger charge is -2.21. The van der Waals surface area contributed by atoms with Gasteiger partial charge in [0.2, 0.25) is 10.0 Å². The van der Waals surface area contributed by atoms with Crippen molar-refractivity contribution in [3.63, 3.8) is 0 Å². The molecule has 1 aromatic carbocycles. The third-order valence-electron chi connectivity index (χ3n) is 2.76. The van der Waals surface area contributed by atoms with E-state index in [0.717, 1.165) is 0 Å². The summed E-state index contributed by atoms with van der Waals surface area (Å²) in [5.74, 6) is 0.0943. The van der Waals surface area contributed by atoms with Crippen LogP contribution in [0.1, 0.15) is 20.3 Å². The van der Waals surface area contributed by atoms with E-state index in [1.54, 1.807) is 18.2 Å². The molecular weight excluding hydrogens is 252 g/mol. The third kappa shape index (κ3) is 3.69. The van der Waals surface area contributed by atoms with Crippen LogP contribution in [0, 0.1) is 5.92 Å². The Hall–Kier alpha value is -1.11. The molecule has 0 aliphatic carbocycles. The molecule has 0 fully saturated rings. The van der Waals surface area contributed by atoms with Crippen molar-refractivity contribution < 1.29 is 13.5 Å². The van der Waals surface area contributed by atoms with Gasteiger partial charge in [0.15, 0.2) is 0 Å². The Morgan fingerprint density at radius 3 is 2.44 bits per heavy atom. The maximum atomic E-state index is 12.2. The molecule has 0 heterocycles. The van der Waals surface area contributed by atoms with Gasteiger partial charge in [-0.05, 0) is 24.5 Å². The normalized spacial score (nSPS) is 13.8. The number of aliphatic hydroxyl groups is 1. The number of aliphatic hydroxyl groups excluding tert-OH is 1. The highest BCUT2D eigenvalue weighted by Crippen LogP contribution is 2.19. The van der Waals surface area contributed by atoms with Crippen molar-refractivity contribution >= 4 is 15.7 Å². The molecule has 0 spiro atoms. The fraction of sp³-hybridized carbons (Fsp3) is 0.500. The van der Waals surface area contributed by atoms with Crippen molar-refractivity contribution in [1.82, 2.24) is 4.72 Å². The first-order chi connectivity index (χ1) is 8.38. The van der Waals surface area contributed by atoms with Gasteiger partial charge in [0, 0.05) is 12.6 Å². The van der Waals surface area contributed by atoms with Gasteiger partial charge in [-0.3, -0.25) is 0 Å². The molecule has 1 atom stereocenters. The van der Waals surface area contributed by atoms with E-state index in [1.165, 1.54) is 6.07 Å². The van der Waals surface area contributed by atoms with Crippen LogP contribution in [-0.2, 0) is 10.0 Å². The number of benzene rings is 1. The van der Waals surface area contributed by atoms with Gasteiger partial charge in [0.25, 0.3) is 0 Å². The minimum atomic E-state index is -3.64. The molecule has 0 radical (unpaired) electrons. The summed E-state index contributed by atoms with van der Waals surface area (Å²) < 4.78 is 26.9. The summed E-state index contributed by atoms with van der Waals surface area (Å²) in [6, 6.07) is 6.02. The highest BCUT2D eigenvalue weighted by molar-refractivity contribution is 7.89. The predicted octanol–water partition coefficient (Wildman–Crippen LogP) is 0.954. The predicted molar refractivity (Wildman–Crippen MR) is 71.5 cm³/mol.